The fourth-order valence-electron chi connectivity index (χ4n) is 0.802. The average molecular weight is 235 g/mol. The summed E-state index contributed by atoms with van der Waals surface area (Å²) in [7, 11) is 0. The Kier molecular flexibility index (Phi) is 5.04. The Labute approximate surface area is 95.8 Å². The highest BCUT2D eigenvalue weighted by molar-refractivity contribution is 8.02. The highest BCUT2D eigenvalue weighted by atomic mass is 32.2. The molecule has 1 heterocycles. The first-order chi connectivity index (χ1) is 7.36. The normalized spacial score (nSPS) is 10.3. The van der Waals surface area contributed by atoms with Crippen LogP contribution >= 0.6 is 24.2 Å². The van der Waals surface area contributed by atoms with E-state index in [1.807, 2.05) is 11.5 Å². The van der Waals surface area contributed by atoms with E-state index in [0.29, 0.717) is 0 Å². The van der Waals surface area contributed by atoms with Gasteiger partial charge in [0.2, 0.25) is 0 Å². The van der Waals surface area contributed by atoms with Gasteiger partial charge in [0.15, 0.2) is 5.40 Å². The van der Waals surface area contributed by atoms with Crippen LogP contribution in [0.5, 0.6) is 0 Å². The molecule has 1 rings (SSSR count). The van der Waals surface area contributed by atoms with E-state index in [2.05, 4.69) is 37.0 Å². The van der Waals surface area contributed by atoms with E-state index in [1.165, 1.54) is 6.21 Å². The predicted molar refractivity (Wildman–Crippen MR) is 64.2 cm³/mol. The first kappa shape index (κ1) is 11.3. The highest BCUT2D eigenvalue weighted by Crippen LogP contribution is 2.01. The highest BCUT2D eigenvalue weighted by Gasteiger charge is 1.92. The first-order valence-corrected chi connectivity index (χ1v) is 4.92. The topological polar surface area (TPSA) is 76.7 Å². The van der Waals surface area contributed by atoms with Crippen LogP contribution in [0, 0.1) is 10.7 Å². The lowest BCUT2D eigenvalue weighted by atomic mass is 10.4. The summed E-state index contributed by atoms with van der Waals surface area (Å²) in [5.74, 6) is 0. The van der Waals surface area contributed by atoms with Crippen molar-refractivity contribution in [1.29, 1.82) is 5.26 Å². The number of H-pyrrole nitrogens is 1. The molecule has 0 spiro atoms. The molecule has 74 valence electrons. The monoisotopic (exact) mass is 235 g/mol. The number of nitrogens with one attached hydrogen (secondary N) is 1. The lowest BCUT2D eigenvalue weighted by molar-refractivity contribution is 1.26. The van der Waals surface area contributed by atoms with Gasteiger partial charge < -0.3 is 4.98 Å². The molecule has 0 atom stereocenters. The van der Waals surface area contributed by atoms with Crippen LogP contribution in [0.4, 0.5) is 0 Å². The maximum absolute atomic E-state index is 8.23. The summed E-state index contributed by atoms with van der Waals surface area (Å²) in [5, 5.41) is 19.2. The van der Waals surface area contributed by atoms with Gasteiger partial charge >= 0.3 is 0 Å². The molecule has 0 aliphatic heterocycles. The van der Waals surface area contributed by atoms with E-state index in [1.54, 1.807) is 12.3 Å². The van der Waals surface area contributed by atoms with E-state index >= 15 is 0 Å². The summed E-state index contributed by atoms with van der Waals surface area (Å²) in [6.07, 6.45) is 3.06. The SMILES string of the molecule is N#CS/N=C/c1ccc(/C=N/N=C=S)[nH]1. The van der Waals surface area contributed by atoms with E-state index < -0.39 is 0 Å². The lowest BCUT2D eigenvalue weighted by Gasteiger charge is -1.83. The molecule has 5 nitrogen and oxygen atoms in total. The molecule has 0 fully saturated rings. The largest absolute Gasteiger partial charge is 0.353 e. The maximum Gasteiger partial charge on any atom is 0.157 e. The van der Waals surface area contributed by atoms with Crippen molar-refractivity contribution >= 4 is 41.8 Å². The number of nitriles is 1. The molecule has 0 unspecified atom stereocenters. The van der Waals surface area contributed by atoms with Crippen molar-refractivity contribution in [3.05, 3.63) is 23.5 Å². The molecule has 1 aromatic rings. The molecule has 0 saturated heterocycles. The van der Waals surface area contributed by atoms with Crippen molar-refractivity contribution in [3.8, 4) is 5.40 Å². The smallest absolute Gasteiger partial charge is 0.157 e. The van der Waals surface area contributed by atoms with Crippen molar-refractivity contribution in [2.24, 2.45) is 14.6 Å². The molecular formula is C8H5N5S2. The Morgan fingerprint density at radius 1 is 1.40 bits per heavy atom. The molecule has 7 heteroatoms. The zero-order chi connectivity index (χ0) is 10.9. The van der Waals surface area contributed by atoms with Gasteiger partial charge in [0, 0.05) is 0 Å². The molecule has 0 bridgehead atoms. The summed E-state index contributed by atoms with van der Waals surface area (Å²) in [4.78, 5) is 2.99. The Morgan fingerprint density at radius 3 is 2.80 bits per heavy atom. The Morgan fingerprint density at radius 2 is 2.13 bits per heavy atom. The third-order valence-electron chi connectivity index (χ3n) is 1.31. The average Bonchev–Trinajstić information content (AvgIpc) is 2.67. The van der Waals surface area contributed by atoms with Crippen LogP contribution in [0.25, 0.3) is 0 Å². The minimum absolute atomic E-state index is 0.771. The van der Waals surface area contributed by atoms with Crippen molar-refractivity contribution in [2.75, 3.05) is 0 Å². The van der Waals surface area contributed by atoms with Gasteiger partial charge in [0.1, 0.15) is 0 Å². The summed E-state index contributed by atoms with van der Waals surface area (Å²) in [6.45, 7) is 0. The van der Waals surface area contributed by atoms with Gasteiger partial charge in [-0.3, -0.25) is 0 Å². The summed E-state index contributed by atoms with van der Waals surface area (Å²) in [5.41, 5.74) is 1.55. The van der Waals surface area contributed by atoms with Gasteiger partial charge in [-0.1, -0.05) is 5.10 Å². The van der Waals surface area contributed by atoms with E-state index in [-0.39, 0.29) is 0 Å². The molecule has 0 aliphatic carbocycles. The third kappa shape index (κ3) is 4.33. The van der Waals surface area contributed by atoms with Gasteiger partial charge in [-0.15, -0.1) is 5.10 Å². The Hall–Kier alpha value is -1.74. The number of thiocyanates is 1. The second-order valence-corrected chi connectivity index (χ2v) is 2.98. The molecule has 0 aliphatic rings. The number of nitrogens with zero attached hydrogens (tertiary/aromatic N) is 4. The number of rotatable bonds is 4. The van der Waals surface area contributed by atoms with Crippen molar-refractivity contribution in [1.82, 2.24) is 4.98 Å². The number of hydrogen-bond donors (Lipinski definition) is 1. The summed E-state index contributed by atoms with van der Waals surface area (Å²) in [6, 6.07) is 3.62. The third-order valence-corrected chi connectivity index (χ3v) is 1.69. The number of hydrogen-bond acceptors (Lipinski definition) is 6. The second kappa shape index (κ2) is 6.68. The van der Waals surface area contributed by atoms with Gasteiger partial charge in [-0.05, 0) is 24.4 Å². The van der Waals surface area contributed by atoms with E-state index in [0.717, 1.165) is 23.3 Å². The van der Waals surface area contributed by atoms with Crippen LogP contribution in [-0.4, -0.2) is 22.6 Å². The zero-order valence-electron chi connectivity index (χ0n) is 7.41. The van der Waals surface area contributed by atoms with E-state index in [9.17, 15) is 0 Å². The molecule has 0 amide bonds. The van der Waals surface area contributed by atoms with Crippen LogP contribution in [0.2, 0.25) is 0 Å². The summed E-state index contributed by atoms with van der Waals surface area (Å²) < 4.78 is 3.77. The van der Waals surface area contributed by atoms with Crippen molar-refractivity contribution in [2.45, 2.75) is 0 Å². The van der Waals surface area contributed by atoms with Gasteiger partial charge in [0.25, 0.3) is 0 Å². The predicted octanol–water partition coefficient (Wildman–Crippen LogP) is 2.00. The molecule has 15 heavy (non-hydrogen) atoms. The lowest BCUT2D eigenvalue weighted by Crippen LogP contribution is -1.82. The Bertz CT molecular complexity index is 462. The van der Waals surface area contributed by atoms with Crippen LogP contribution in [-0.2, 0) is 0 Å². The molecule has 0 radical (unpaired) electrons. The quantitative estimate of drug-likeness (QED) is 0.285. The molecule has 1 N–H and O–H groups in total. The fourth-order valence-corrected chi connectivity index (χ4v) is 1.06. The molecule has 0 saturated carbocycles. The van der Waals surface area contributed by atoms with Gasteiger partial charge in [-0.25, -0.2) is 4.40 Å². The van der Waals surface area contributed by atoms with Crippen LogP contribution in [0.3, 0.4) is 0 Å². The minimum atomic E-state index is 0.771. The van der Waals surface area contributed by atoms with Gasteiger partial charge in [0.05, 0.1) is 40.9 Å². The molecular weight excluding hydrogens is 230 g/mol. The Balaban J connectivity index is 2.64. The second-order valence-electron chi connectivity index (χ2n) is 2.22. The molecule has 0 aromatic carbocycles. The standard InChI is InChI=1S/C8H5N5S2/c9-5-15-12-4-8-2-1-7(13-8)3-10-11-6-14/h1-4,13H/b10-3+,12-4+. The van der Waals surface area contributed by atoms with Crippen LogP contribution < -0.4 is 0 Å². The zero-order valence-corrected chi connectivity index (χ0v) is 9.05. The summed E-state index contributed by atoms with van der Waals surface area (Å²) >= 11 is 5.16. The van der Waals surface area contributed by atoms with Gasteiger partial charge in [-0.2, -0.15) is 5.26 Å². The van der Waals surface area contributed by atoms with Crippen LogP contribution in [0.15, 0.2) is 26.7 Å². The van der Waals surface area contributed by atoms with Crippen molar-refractivity contribution in [3.63, 3.8) is 0 Å². The number of thiocarbonyl (C=S) groups is 1. The van der Waals surface area contributed by atoms with Crippen LogP contribution in [0.1, 0.15) is 11.4 Å². The maximum atomic E-state index is 8.23. The van der Waals surface area contributed by atoms with E-state index in [4.69, 9.17) is 5.26 Å². The van der Waals surface area contributed by atoms with Crippen molar-refractivity contribution < 1.29 is 0 Å². The number of aromatic amines is 1. The fraction of sp³-hybridized carbons (Fsp3) is 0. The number of aromatic nitrogens is 1. The molecule has 1 aromatic heterocycles. The minimum Gasteiger partial charge on any atom is -0.353 e. The first-order valence-electron chi connectivity index (χ1n) is 3.74. The number of isothiocyanates is 1.